The van der Waals surface area contributed by atoms with Crippen LogP contribution in [0.1, 0.15) is 394 Å². The molecule has 10 aliphatic carbocycles. The number of ketones is 5. The molecule has 0 aliphatic heterocycles. The summed E-state index contributed by atoms with van der Waals surface area (Å²) in [6.45, 7) is 11.5. The zero-order chi connectivity index (χ0) is 61.1. The van der Waals surface area contributed by atoms with E-state index in [-0.39, 0.29) is 0 Å². The Balaban J connectivity index is 0.000000172. The fourth-order valence-corrected chi connectivity index (χ4v) is 19.8. The van der Waals surface area contributed by atoms with Gasteiger partial charge in [-0.3, -0.25) is 24.0 Å². The number of hydrogen-bond donors (Lipinski definition) is 0. The third kappa shape index (κ3) is 28.1. The number of carbonyl (C=O) groups is 5. The molecule has 0 aromatic rings. The molecular weight excluding hydrogens is 1050 g/mol. The molecule has 86 heavy (non-hydrogen) atoms. The van der Waals surface area contributed by atoms with Crippen molar-refractivity contribution < 1.29 is 24.0 Å². The molecule has 10 rings (SSSR count). The molecule has 5 atom stereocenters. The number of rotatable bonds is 21. The summed E-state index contributed by atoms with van der Waals surface area (Å²) in [5.41, 5.74) is 0. The van der Waals surface area contributed by atoms with Crippen molar-refractivity contribution in [2.75, 3.05) is 0 Å². The molecule has 5 heteroatoms. The minimum absolute atomic E-state index is 0.531. The Kier molecular flexibility index (Phi) is 36.9. The zero-order valence-corrected chi connectivity index (χ0v) is 57.8. The molecule has 10 aliphatic rings. The van der Waals surface area contributed by atoms with Crippen LogP contribution < -0.4 is 0 Å². The van der Waals surface area contributed by atoms with Gasteiger partial charge < -0.3 is 0 Å². The normalized spacial score (nSPS) is 34.6. The summed E-state index contributed by atoms with van der Waals surface area (Å²) in [6.07, 6.45) is 72.4. The van der Waals surface area contributed by atoms with Gasteiger partial charge in [-0.25, -0.2) is 0 Å². The summed E-state index contributed by atoms with van der Waals surface area (Å²) in [4.78, 5) is 57.6. The Morgan fingerprint density at radius 2 is 0.453 bits per heavy atom. The van der Waals surface area contributed by atoms with Crippen LogP contribution in [0.3, 0.4) is 0 Å². The SMILES string of the molecule is CCC1CCC(C2CCCC(=O)C2)CC1.CCCC1CCC(C2CCCC(=O)C2)CC1.CCCCC1CCC(C2CCCC(=O)C2)CC1.CCCCCC1CCC(C2CCCC(=O)C2)CC1.CCCCCCCC1CCC(C2CCCC(=O)C2)CC1. The van der Waals surface area contributed by atoms with Gasteiger partial charge in [0.15, 0.2) is 0 Å². The third-order valence-corrected chi connectivity index (χ3v) is 25.6. The predicted molar refractivity (Wildman–Crippen MR) is 364 cm³/mol. The van der Waals surface area contributed by atoms with Crippen molar-refractivity contribution in [3.8, 4) is 0 Å². The van der Waals surface area contributed by atoms with E-state index in [4.69, 9.17) is 0 Å². The molecule has 0 spiro atoms. The van der Waals surface area contributed by atoms with Crippen LogP contribution in [-0.2, 0) is 24.0 Å². The van der Waals surface area contributed by atoms with Crippen LogP contribution in [0.4, 0.5) is 0 Å². The average molecular weight is 1200 g/mol. The lowest BCUT2D eigenvalue weighted by molar-refractivity contribution is -0.123. The highest BCUT2D eigenvalue weighted by Gasteiger charge is 2.35. The Morgan fingerprint density at radius 1 is 0.221 bits per heavy atom. The lowest BCUT2D eigenvalue weighted by atomic mass is 9.70. The Morgan fingerprint density at radius 3 is 0.709 bits per heavy atom. The standard InChI is InChI=1S/C19H34O.C17H30O.C16H28O.C15H26O.C14H24O/c1-2-3-4-5-6-8-16-11-13-17(14-12-16)18-9-7-10-19(20)15-18;1-2-3-4-6-14-9-11-15(12-10-14)16-7-5-8-17(18)13-16;1-2-3-5-13-8-10-14(11-9-13)15-6-4-7-16(17)12-15;1-2-4-12-7-9-13(10-8-12)14-5-3-6-15(16)11-14;1-2-11-6-8-12(9-7-11)13-4-3-5-14(15)10-13/h16-18H,2-15H2,1H3;14-16H,2-13H2,1H3;13-15H,2-12H2,1H3;12-14H,2-11H2,1H3;11-13H,2-10H2,1H3. The van der Waals surface area contributed by atoms with Crippen molar-refractivity contribution in [3.63, 3.8) is 0 Å². The number of hydrogen-bond acceptors (Lipinski definition) is 5. The van der Waals surface area contributed by atoms with Crippen LogP contribution in [-0.4, -0.2) is 28.9 Å². The van der Waals surface area contributed by atoms with Crippen LogP contribution in [0, 0.1) is 88.8 Å². The molecule has 10 fully saturated rings. The van der Waals surface area contributed by atoms with E-state index < -0.39 is 0 Å². The van der Waals surface area contributed by atoms with Crippen molar-refractivity contribution in [1.82, 2.24) is 0 Å². The van der Waals surface area contributed by atoms with Gasteiger partial charge in [0.25, 0.3) is 0 Å². The summed E-state index contributed by atoms with van der Waals surface area (Å²) >= 11 is 0. The van der Waals surface area contributed by atoms with E-state index >= 15 is 0 Å². The molecule has 10 saturated carbocycles. The highest BCUT2D eigenvalue weighted by molar-refractivity contribution is 5.81. The van der Waals surface area contributed by atoms with E-state index in [9.17, 15) is 24.0 Å². The summed E-state index contributed by atoms with van der Waals surface area (Å²) in [5, 5.41) is 0. The van der Waals surface area contributed by atoms with Gasteiger partial charge in [0.2, 0.25) is 0 Å². The van der Waals surface area contributed by atoms with Crippen LogP contribution in [0.5, 0.6) is 0 Å². The second kappa shape index (κ2) is 43.2. The Bertz CT molecular complexity index is 1810. The van der Waals surface area contributed by atoms with E-state index in [1.807, 2.05) is 0 Å². The van der Waals surface area contributed by atoms with Gasteiger partial charge in [0.1, 0.15) is 28.9 Å². The summed E-state index contributed by atoms with van der Waals surface area (Å²) < 4.78 is 0. The number of carbonyl (C=O) groups excluding carboxylic acids is 5. The second-order valence-corrected chi connectivity index (χ2v) is 31.9. The van der Waals surface area contributed by atoms with Crippen LogP contribution in [0.25, 0.3) is 0 Å². The zero-order valence-electron chi connectivity index (χ0n) is 57.8. The van der Waals surface area contributed by atoms with Gasteiger partial charge >= 0.3 is 0 Å². The van der Waals surface area contributed by atoms with Crippen molar-refractivity contribution in [3.05, 3.63) is 0 Å². The first-order valence-corrected chi connectivity index (χ1v) is 39.5. The van der Waals surface area contributed by atoms with Crippen molar-refractivity contribution >= 4 is 28.9 Å². The maximum atomic E-state index is 11.6. The smallest absolute Gasteiger partial charge is 0.133 e. The second-order valence-electron chi connectivity index (χ2n) is 31.9. The lowest BCUT2D eigenvalue weighted by Crippen LogP contribution is -2.26. The highest BCUT2D eigenvalue weighted by atomic mass is 16.1. The van der Waals surface area contributed by atoms with Crippen LogP contribution >= 0.6 is 0 Å². The first-order valence-electron chi connectivity index (χ1n) is 39.5. The fraction of sp³-hybridized carbons (Fsp3) is 0.938. The molecule has 5 nitrogen and oxygen atoms in total. The van der Waals surface area contributed by atoms with Gasteiger partial charge in [-0.2, -0.15) is 0 Å². The Hall–Kier alpha value is -1.65. The first kappa shape index (κ1) is 73.4. The molecule has 0 aromatic heterocycles. The molecule has 0 bridgehead atoms. The van der Waals surface area contributed by atoms with Crippen LogP contribution in [0.2, 0.25) is 0 Å². The lowest BCUT2D eigenvalue weighted by Gasteiger charge is -2.35. The minimum atomic E-state index is 0.531. The summed E-state index contributed by atoms with van der Waals surface area (Å²) in [6, 6.07) is 0. The molecule has 0 N–H and O–H groups in total. The van der Waals surface area contributed by atoms with Crippen molar-refractivity contribution in [1.29, 1.82) is 0 Å². The molecule has 0 aromatic carbocycles. The average Bonchev–Trinajstić information content (AvgIpc) is 3.63. The number of unbranched alkanes of at least 4 members (excludes halogenated alkanes) is 7. The van der Waals surface area contributed by atoms with Gasteiger partial charge in [0, 0.05) is 64.2 Å². The summed E-state index contributed by atoms with van der Waals surface area (Å²) in [7, 11) is 0. The van der Waals surface area contributed by atoms with E-state index in [1.165, 1.54) is 289 Å². The molecule has 5 unspecified atom stereocenters. The van der Waals surface area contributed by atoms with Gasteiger partial charge in [-0.1, -0.05) is 202 Å². The molecule has 0 heterocycles. The van der Waals surface area contributed by atoms with Gasteiger partial charge in [-0.15, -0.1) is 0 Å². The largest absolute Gasteiger partial charge is 0.300 e. The molecular formula is C81H142O5. The van der Waals surface area contributed by atoms with E-state index in [1.54, 1.807) is 0 Å². The van der Waals surface area contributed by atoms with Crippen LogP contribution in [0.15, 0.2) is 0 Å². The molecule has 0 saturated heterocycles. The van der Waals surface area contributed by atoms with E-state index in [0.717, 1.165) is 159 Å². The molecule has 0 radical (unpaired) electrons. The van der Waals surface area contributed by atoms with Gasteiger partial charge in [-0.05, 0) is 217 Å². The molecule has 496 valence electrons. The summed E-state index contributed by atoms with van der Waals surface area (Å²) in [5.74, 6) is 15.9. The third-order valence-electron chi connectivity index (χ3n) is 25.6. The van der Waals surface area contributed by atoms with Crippen molar-refractivity contribution in [2.45, 2.75) is 394 Å². The first-order chi connectivity index (χ1) is 42.0. The maximum absolute atomic E-state index is 11.6. The number of Topliss-reactive ketones (excluding diaryl/α,β-unsaturated/α-hetero) is 5. The predicted octanol–water partition coefficient (Wildman–Crippen LogP) is 24.1. The van der Waals surface area contributed by atoms with Gasteiger partial charge in [0.05, 0.1) is 0 Å². The monoisotopic (exact) mass is 1200 g/mol. The minimum Gasteiger partial charge on any atom is -0.300 e. The van der Waals surface area contributed by atoms with Crippen molar-refractivity contribution in [2.24, 2.45) is 88.8 Å². The fourth-order valence-electron chi connectivity index (χ4n) is 19.8. The molecule has 0 amide bonds. The maximum Gasteiger partial charge on any atom is 0.133 e. The topological polar surface area (TPSA) is 85.3 Å². The highest BCUT2D eigenvalue weighted by Crippen LogP contribution is 2.45. The Labute approximate surface area is 533 Å². The quantitative estimate of drug-likeness (QED) is 0.107. The van der Waals surface area contributed by atoms with E-state index in [0.29, 0.717) is 28.9 Å². The van der Waals surface area contributed by atoms with E-state index in [2.05, 4.69) is 34.6 Å².